The molecule has 1 amide bonds. The molecule has 2 aromatic heterocycles. The lowest BCUT2D eigenvalue weighted by atomic mass is 10.0. The van der Waals surface area contributed by atoms with Crippen molar-refractivity contribution in [2.75, 3.05) is 11.1 Å². The monoisotopic (exact) mass is 427 g/mol. The Balaban J connectivity index is 1.59. The molecule has 0 saturated heterocycles. The van der Waals surface area contributed by atoms with Gasteiger partial charge in [0.1, 0.15) is 5.69 Å². The van der Waals surface area contributed by atoms with Crippen LogP contribution in [0.3, 0.4) is 0 Å². The fourth-order valence-corrected chi connectivity index (χ4v) is 4.74. The Morgan fingerprint density at radius 1 is 1.16 bits per heavy atom. The van der Waals surface area contributed by atoms with E-state index in [1.807, 2.05) is 25.1 Å². The van der Waals surface area contributed by atoms with Crippen LogP contribution in [0.25, 0.3) is 31.4 Å². The average molecular weight is 427 g/mol. The summed E-state index contributed by atoms with van der Waals surface area (Å²) in [6.07, 6.45) is 1.76. The number of aromatic nitrogens is 2. The molecule has 3 aromatic carbocycles. The molecular weight excluding hydrogens is 410 g/mol. The number of carbonyl (C=O) groups is 1. The SMILES string of the molecule is Cc1c(NC(=O)c2ccc(N=O)c(N)c2)cc(-c2cc3ccccc3s2)c2[nH]ncc12. The molecule has 0 aliphatic heterocycles. The van der Waals surface area contributed by atoms with Gasteiger partial charge in [0.2, 0.25) is 0 Å². The van der Waals surface area contributed by atoms with Crippen molar-refractivity contribution in [3.8, 4) is 10.4 Å². The molecule has 0 spiro atoms. The number of amides is 1. The number of fused-ring (bicyclic) bond motifs is 2. The number of nitrogen functional groups attached to an aromatic ring is 1. The van der Waals surface area contributed by atoms with Gasteiger partial charge < -0.3 is 11.1 Å². The van der Waals surface area contributed by atoms with Crippen molar-refractivity contribution >= 4 is 55.3 Å². The molecule has 31 heavy (non-hydrogen) atoms. The summed E-state index contributed by atoms with van der Waals surface area (Å²) in [5.74, 6) is -0.322. The van der Waals surface area contributed by atoms with E-state index in [4.69, 9.17) is 5.73 Å². The summed E-state index contributed by atoms with van der Waals surface area (Å²) in [5, 5.41) is 15.2. The summed E-state index contributed by atoms with van der Waals surface area (Å²) in [6, 6.07) is 16.7. The van der Waals surface area contributed by atoms with Crippen LogP contribution in [-0.4, -0.2) is 16.1 Å². The van der Waals surface area contributed by atoms with E-state index >= 15 is 0 Å². The van der Waals surface area contributed by atoms with E-state index in [1.165, 1.54) is 28.3 Å². The number of H-pyrrole nitrogens is 1. The zero-order chi connectivity index (χ0) is 21.5. The lowest BCUT2D eigenvalue weighted by Crippen LogP contribution is -2.13. The molecule has 4 N–H and O–H groups in total. The predicted octanol–water partition coefficient (Wildman–Crippen LogP) is 5.99. The van der Waals surface area contributed by atoms with Gasteiger partial charge in [0.25, 0.3) is 5.91 Å². The third-order valence-corrected chi connectivity index (χ3v) is 6.48. The second-order valence-corrected chi connectivity index (χ2v) is 8.31. The number of nitroso groups, excluding NO2 is 1. The highest BCUT2D eigenvalue weighted by molar-refractivity contribution is 7.22. The van der Waals surface area contributed by atoms with Crippen LogP contribution in [0.2, 0.25) is 0 Å². The summed E-state index contributed by atoms with van der Waals surface area (Å²) in [4.78, 5) is 24.7. The van der Waals surface area contributed by atoms with E-state index in [-0.39, 0.29) is 17.3 Å². The smallest absolute Gasteiger partial charge is 0.255 e. The number of nitrogens with zero attached hydrogens (tertiary/aromatic N) is 2. The van der Waals surface area contributed by atoms with E-state index in [2.05, 4.69) is 38.9 Å². The van der Waals surface area contributed by atoms with Crippen LogP contribution < -0.4 is 11.1 Å². The van der Waals surface area contributed by atoms with Gasteiger partial charge in [0.15, 0.2) is 0 Å². The van der Waals surface area contributed by atoms with E-state index in [0.717, 1.165) is 26.9 Å². The van der Waals surface area contributed by atoms with Gasteiger partial charge >= 0.3 is 0 Å². The van der Waals surface area contributed by atoms with E-state index in [1.54, 1.807) is 17.5 Å². The summed E-state index contributed by atoms with van der Waals surface area (Å²) in [6.45, 7) is 1.94. The highest BCUT2D eigenvalue weighted by atomic mass is 32.1. The molecule has 0 fully saturated rings. The van der Waals surface area contributed by atoms with Crippen molar-refractivity contribution < 1.29 is 4.79 Å². The maximum atomic E-state index is 12.9. The minimum absolute atomic E-state index is 0.111. The molecule has 8 heteroatoms. The minimum atomic E-state index is -0.322. The fourth-order valence-electron chi connectivity index (χ4n) is 3.66. The van der Waals surface area contributed by atoms with E-state index in [0.29, 0.717) is 11.3 Å². The van der Waals surface area contributed by atoms with Gasteiger partial charge in [-0.2, -0.15) is 5.10 Å². The first kappa shape index (κ1) is 19.0. The van der Waals surface area contributed by atoms with Crippen LogP contribution in [0.1, 0.15) is 15.9 Å². The molecule has 0 atom stereocenters. The van der Waals surface area contributed by atoms with Gasteiger partial charge in [-0.1, -0.05) is 18.2 Å². The Kier molecular flexibility index (Phi) is 4.48. The molecule has 0 unspecified atom stereocenters. The van der Waals surface area contributed by atoms with E-state index < -0.39 is 0 Å². The standard InChI is InChI=1S/C23H17N5O2S/c1-12-16-11-25-27-22(16)15(21-9-13-4-2-3-5-20(13)31-21)10-19(12)26-23(29)14-6-7-18(28-30)17(24)8-14/h2-11H,24H2,1H3,(H,25,27)(H,26,29). The number of benzene rings is 3. The Hall–Kier alpha value is -4.04. The molecule has 152 valence electrons. The van der Waals surface area contributed by atoms with Crippen molar-refractivity contribution in [2.45, 2.75) is 6.92 Å². The van der Waals surface area contributed by atoms with Crippen molar-refractivity contribution in [3.63, 3.8) is 0 Å². The minimum Gasteiger partial charge on any atom is -0.397 e. The molecule has 0 aliphatic carbocycles. The molecule has 0 saturated carbocycles. The second kappa shape index (κ2) is 7.33. The number of rotatable bonds is 4. The second-order valence-electron chi connectivity index (χ2n) is 7.22. The Morgan fingerprint density at radius 2 is 2.00 bits per heavy atom. The molecule has 0 aliphatic rings. The van der Waals surface area contributed by atoms with Crippen LogP contribution in [-0.2, 0) is 0 Å². The van der Waals surface area contributed by atoms with E-state index in [9.17, 15) is 9.70 Å². The zero-order valence-corrected chi connectivity index (χ0v) is 17.3. The first-order valence-corrected chi connectivity index (χ1v) is 10.4. The van der Waals surface area contributed by atoms with Gasteiger partial charge in [-0.3, -0.25) is 9.89 Å². The van der Waals surface area contributed by atoms with Crippen LogP contribution in [0, 0.1) is 11.8 Å². The maximum Gasteiger partial charge on any atom is 0.255 e. The molecule has 2 heterocycles. The van der Waals surface area contributed by atoms with Crippen LogP contribution in [0.15, 0.2) is 66.0 Å². The van der Waals surface area contributed by atoms with Gasteiger partial charge in [-0.25, -0.2) is 0 Å². The summed E-state index contributed by atoms with van der Waals surface area (Å²) < 4.78 is 1.19. The number of thiophene rings is 1. The summed E-state index contributed by atoms with van der Waals surface area (Å²) in [7, 11) is 0. The zero-order valence-electron chi connectivity index (χ0n) is 16.5. The number of anilines is 2. The number of hydrogen-bond acceptors (Lipinski definition) is 6. The van der Waals surface area contributed by atoms with Crippen molar-refractivity contribution in [2.24, 2.45) is 5.18 Å². The van der Waals surface area contributed by atoms with Crippen molar-refractivity contribution in [1.82, 2.24) is 10.2 Å². The molecule has 7 nitrogen and oxygen atoms in total. The Labute approximate surface area is 180 Å². The third kappa shape index (κ3) is 3.23. The van der Waals surface area contributed by atoms with Gasteiger partial charge in [-0.05, 0) is 59.4 Å². The fraction of sp³-hybridized carbons (Fsp3) is 0.0435. The first-order valence-electron chi connectivity index (χ1n) is 9.55. The van der Waals surface area contributed by atoms with Crippen LogP contribution in [0.4, 0.5) is 17.1 Å². The number of carbonyl (C=O) groups excluding carboxylic acids is 1. The Morgan fingerprint density at radius 3 is 2.77 bits per heavy atom. The summed E-state index contributed by atoms with van der Waals surface area (Å²) in [5.41, 5.74) is 9.90. The number of nitrogens with one attached hydrogen (secondary N) is 2. The maximum absolute atomic E-state index is 12.9. The largest absolute Gasteiger partial charge is 0.397 e. The average Bonchev–Trinajstić information content (AvgIpc) is 3.43. The number of nitrogens with two attached hydrogens (primary N) is 1. The number of hydrogen-bond donors (Lipinski definition) is 3. The quantitative estimate of drug-likeness (QED) is 0.242. The molecule has 0 bridgehead atoms. The summed E-state index contributed by atoms with van der Waals surface area (Å²) >= 11 is 1.69. The molecule has 5 rings (SSSR count). The normalized spacial score (nSPS) is 11.1. The Bertz CT molecular complexity index is 1450. The lowest BCUT2D eigenvalue weighted by molar-refractivity contribution is 0.102. The molecule has 5 aromatic rings. The van der Waals surface area contributed by atoms with Crippen LogP contribution >= 0.6 is 11.3 Å². The highest BCUT2D eigenvalue weighted by Gasteiger charge is 2.17. The van der Waals surface area contributed by atoms with Gasteiger partial charge in [0.05, 0.1) is 17.4 Å². The van der Waals surface area contributed by atoms with Crippen molar-refractivity contribution in [1.29, 1.82) is 0 Å². The third-order valence-electron chi connectivity index (χ3n) is 5.33. The first-order chi connectivity index (χ1) is 15.0. The predicted molar refractivity (Wildman–Crippen MR) is 126 cm³/mol. The number of aryl methyl sites for hydroxylation is 1. The lowest BCUT2D eigenvalue weighted by Gasteiger charge is -2.12. The highest BCUT2D eigenvalue weighted by Crippen LogP contribution is 2.40. The number of aromatic amines is 1. The molecule has 0 radical (unpaired) electrons. The molecular formula is C23H17N5O2S. The van der Waals surface area contributed by atoms with Gasteiger partial charge in [-0.15, -0.1) is 16.2 Å². The van der Waals surface area contributed by atoms with Crippen molar-refractivity contribution in [3.05, 3.63) is 76.8 Å². The topological polar surface area (TPSA) is 113 Å². The van der Waals surface area contributed by atoms with Gasteiger partial charge in [0, 0.05) is 31.8 Å². The van der Waals surface area contributed by atoms with Crippen LogP contribution in [0.5, 0.6) is 0 Å².